The van der Waals surface area contributed by atoms with Gasteiger partial charge in [-0.15, -0.1) is 0 Å². The number of hydrogen-bond acceptors (Lipinski definition) is 2. The molecule has 18 heavy (non-hydrogen) atoms. The van der Waals surface area contributed by atoms with Gasteiger partial charge in [0.15, 0.2) is 0 Å². The molecule has 3 nitrogen and oxygen atoms in total. The van der Waals surface area contributed by atoms with E-state index in [1.807, 2.05) is 30.3 Å². The lowest BCUT2D eigenvalue weighted by Crippen LogP contribution is -2.39. The molecule has 0 radical (unpaired) electrons. The number of carbonyl (C=O) groups excluding carboxylic acids is 1. The van der Waals surface area contributed by atoms with Gasteiger partial charge in [-0.1, -0.05) is 43.7 Å². The van der Waals surface area contributed by atoms with Crippen molar-refractivity contribution >= 4 is 5.91 Å². The molecule has 1 aliphatic carbocycles. The summed E-state index contributed by atoms with van der Waals surface area (Å²) in [4.78, 5) is 12.1. The van der Waals surface area contributed by atoms with Crippen LogP contribution >= 0.6 is 0 Å². The maximum Gasteiger partial charge on any atom is 0.242 e. The molecule has 3 unspecified atom stereocenters. The Bertz CT molecular complexity index is 449. The highest BCUT2D eigenvalue weighted by molar-refractivity contribution is 5.86. The Hall–Kier alpha value is -1.82. The smallest absolute Gasteiger partial charge is 0.242 e. The minimum atomic E-state index is -0.695. The summed E-state index contributed by atoms with van der Waals surface area (Å²) in [5.41, 5.74) is 0.767. The number of nitrogens with zero attached hydrogens (tertiary/aromatic N) is 1. The fraction of sp³-hybridized carbons (Fsp3) is 0.467. The molecular formula is C15H18N2O. The summed E-state index contributed by atoms with van der Waals surface area (Å²) >= 11 is 0. The molecule has 1 aromatic carbocycles. The summed E-state index contributed by atoms with van der Waals surface area (Å²) in [6.45, 7) is 2.15. The van der Waals surface area contributed by atoms with Crippen LogP contribution in [-0.2, 0) is 4.79 Å². The van der Waals surface area contributed by atoms with Gasteiger partial charge in [0, 0.05) is 6.04 Å². The van der Waals surface area contributed by atoms with E-state index in [9.17, 15) is 10.1 Å². The van der Waals surface area contributed by atoms with Gasteiger partial charge < -0.3 is 5.32 Å². The Balaban J connectivity index is 2.05. The maximum absolute atomic E-state index is 12.1. The molecule has 1 aliphatic rings. The van der Waals surface area contributed by atoms with Crippen LogP contribution in [0.15, 0.2) is 30.3 Å². The second-order valence-electron chi connectivity index (χ2n) is 5.00. The number of rotatable bonds is 3. The molecule has 0 bridgehead atoms. The third kappa shape index (κ3) is 2.70. The first-order valence-corrected chi connectivity index (χ1v) is 6.47. The van der Waals surface area contributed by atoms with Gasteiger partial charge in [-0.25, -0.2) is 0 Å². The molecule has 1 N–H and O–H groups in total. The lowest BCUT2D eigenvalue weighted by molar-refractivity contribution is -0.122. The summed E-state index contributed by atoms with van der Waals surface area (Å²) in [7, 11) is 0. The van der Waals surface area contributed by atoms with Gasteiger partial charge in [-0.2, -0.15) is 5.26 Å². The highest BCUT2D eigenvalue weighted by Crippen LogP contribution is 2.25. The summed E-state index contributed by atoms with van der Waals surface area (Å²) < 4.78 is 0. The van der Waals surface area contributed by atoms with E-state index in [1.54, 1.807) is 0 Å². The third-order valence-electron chi connectivity index (χ3n) is 3.71. The number of benzene rings is 1. The van der Waals surface area contributed by atoms with E-state index in [0.717, 1.165) is 24.8 Å². The molecule has 3 heteroatoms. The minimum absolute atomic E-state index is 0.164. The largest absolute Gasteiger partial charge is 0.352 e. The van der Waals surface area contributed by atoms with E-state index >= 15 is 0 Å². The lowest BCUT2D eigenvalue weighted by Gasteiger charge is -2.19. The van der Waals surface area contributed by atoms with Crippen molar-refractivity contribution in [2.45, 2.75) is 38.1 Å². The Kier molecular flexibility index (Phi) is 3.99. The zero-order chi connectivity index (χ0) is 13.0. The lowest BCUT2D eigenvalue weighted by atomic mass is 9.98. The van der Waals surface area contributed by atoms with Crippen molar-refractivity contribution in [2.75, 3.05) is 0 Å². The Morgan fingerprint density at radius 1 is 1.39 bits per heavy atom. The summed E-state index contributed by atoms with van der Waals surface area (Å²) in [5, 5.41) is 12.2. The van der Waals surface area contributed by atoms with Crippen molar-refractivity contribution < 1.29 is 4.79 Å². The van der Waals surface area contributed by atoms with Gasteiger partial charge >= 0.3 is 0 Å². The normalized spacial score (nSPS) is 24.2. The predicted molar refractivity (Wildman–Crippen MR) is 69.7 cm³/mol. The molecule has 0 heterocycles. The number of amides is 1. The fourth-order valence-electron chi connectivity index (χ4n) is 2.56. The van der Waals surface area contributed by atoms with Crippen molar-refractivity contribution in [1.29, 1.82) is 5.26 Å². The number of hydrogen-bond donors (Lipinski definition) is 1. The molecule has 1 aromatic rings. The SMILES string of the molecule is CC1CCCC1NC(=O)C(C#N)c1ccccc1. The Labute approximate surface area is 108 Å². The maximum atomic E-state index is 12.1. The van der Waals surface area contributed by atoms with Crippen molar-refractivity contribution in [1.82, 2.24) is 5.32 Å². The fourth-order valence-corrected chi connectivity index (χ4v) is 2.56. The van der Waals surface area contributed by atoms with Crippen molar-refractivity contribution in [2.24, 2.45) is 5.92 Å². The molecule has 3 atom stereocenters. The Morgan fingerprint density at radius 2 is 2.11 bits per heavy atom. The van der Waals surface area contributed by atoms with Crippen LogP contribution < -0.4 is 5.32 Å². The summed E-state index contributed by atoms with van der Waals surface area (Å²) in [6.07, 6.45) is 3.35. The van der Waals surface area contributed by atoms with Crippen LogP contribution in [-0.4, -0.2) is 11.9 Å². The average Bonchev–Trinajstić information content (AvgIpc) is 2.77. The van der Waals surface area contributed by atoms with Crippen molar-refractivity contribution in [3.8, 4) is 6.07 Å². The standard InChI is InChI=1S/C15H18N2O/c1-11-6-5-9-14(11)17-15(18)13(10-16)12-7-3-2-4-8-12/h2-4,7-8,11,13-14H,5-6,9H2,1H3,(H,17,18). The van der Waals surface area contributed by atoms with Gasteiger partial charge in [0.2, 0.25) is 5.91 Å². The quantitative estimate of drug-likeness (QED) is 0.885. The topological polar surface area (TPSA) is 52.9 Å². The van der Waals surface area contributed by atoms with Crippen LogP contribution in [0.4, 0.5) is 0 Å². The first-order valence-electron chi connectivity index (χ1n) is 6.47. The predicted octanol–water partition coefficient (Wildman–Crippen LogP) is 2.60. The van der Waals surface area contributed by atoms with Gasteiger partial charge in [-0.05, 0) is 24.3 Å². The van der Waals surface area contributed by atoms with Crippen LogP contribution in [0.2, 0.25) is 0 Å². The minimum Gasteiger partial charge on any atom is -0.352 e. The first-order chi connectivity index (χ1) is 8.72. The Morgan fingerprint density at radius 3 is 2.67 bits per heavy atom. The zero-order valence-corrected chi connectivity index (χ0v) is 10.6. The number of carbonyl (C=O) groups is 1. The second-order valence-corrected chi connectivity index (χ2v) is 5.00. The third-order valence-corrected chi connectivity index (χ3v) is 3.71. The van der Waals surface area contributed by atoms with Crippen LogP contribution in [0.5, 0.6) is 0 Å². The van der Waals surface area contributed by atoms with Gasteiger partial charge in [0.05, 0.1) is 6.07 Å². The first kappa shape index (κ1) is 12.6. The summed E-state index contributed by atoms with van der Waals surface area (Å²) in [6, 6.07) is 11.6. The molecule has 94 valence electrons. The molecule has 0 aromatic heterocycles. The van der Waals surface area contributed by atoms with E-state index in [1.165, 1.54) is 0 Å². The van der Waals surface area contributed by atoms with Crippen LogP contribution in [0.3, 0.4) is 0 Å². The van der Waals surface area contributed by atoms with Gasteiger partial charge in [0.1, 0.15) is 5.92 Å². The highest BCUT2D eigenvalue weighted by Gasteiger charge is 2.28. The van der Waals surface area contributed by atoms with E-state index in [-0.39, 0.29) is 11.9 Å². The molecule has 0 aliphatic heterocycles. The molecular weight excluding hydrogens is 224 g/mol. The van der Waals surface area contributed by atoms with E-state index < -0.39 is 5.92 Å². The second kappa shape index (κ2) is 5.68. The number of nitrogens with one attached hydrogen (secondary N) is 1. The van der Waals surface area contributed by atoms with E-state index in [2.05, 4.69) is 18.3 Å². The van der Waals surface area contributed by atoms with Gasteiger partial charge in [0.25, 0.3) is 0 Å². The van der Waals surface area contributed by atoms with Crippen molar-refractivity contribution in [3.05, 3.63) is 35.9 Å². The highest BCUT2D eigenvalue weighted by atomic mass is 16.1. The van der Waals surface area contributed by atoms with Gasteiger partial charge in [-0.3, -0.25) is 4.79 Å². The zero-order valence-electron chi connectivity index (χ0n) is 10.6. The molecule has 2 rings (SSSR count). The van der Waals surface area contributed by atoms with Crippen molar-refractivity contribution in [3.63, 3.8) is 0 Å². The number of nitriles is 1. The summed E-state index contributed by atoms with van der Waals surface area (Å²) in [5.74, 6) is -0.342. The van der Waals surface area contributed by atoms with E-state index in [0.29, 0.717) is 5.92 Å². The molecule has 1 fully saturated rings. The molecule has 0 saturated heterocycles. The molecule has 0 spiro atoms. The average molecular weight is 242 g/mol. The van der Waals surface area contributed by atoms with Crippen LogP contribution in [0.25, 0.3) is 0 Å². The van der Waals surface area contributed by atoms with Crippen LogP contribution in [0.1, 0.15) is 37.7 Å². The monoisotopic (exact) mass is 242 g/mol. The van der Waals surface area contributed by atoms with Crippen LogP contribution in [0, 0.1) is 17.2 Å². The molecule has 1 amide bonds. The molecule has 1 saturated carbocycles. The van der Waals surface area contributed by atoms with E-state index in [4.69, 9.17) is 0 Å².